The van der Waals surface area contributed by atoms with Gasteiger partial charge in [-0.15, -0.1) is 0 Å². The number of benzene rings is 3. The Balaban J connectivity index is 1.64. The Morgan fingerprint density at radius 2 is 1.63 bits per heavy atom. The fourth-order valence-corrected chi connectivity index (χ4v) is 3.49. The lowest BCUT2D eigenvalue weighted by Crippen LogP contribution is -2.49. The largest absolute Gasteiger partial charge is 0.489 e. The Morgan fingerprint density at radius 3 is 2.26 bits per heavy atom. The van der Waals surface area contributed by atoms with Crippen LogP contribution in [0.15, 0.2) is 72.8 Å². The summed E-state index contributed by atoms with van der Waals surface area (Å²) in [4.78, 5) is 23.4. The van der Waals surface area contributed by atoms with Gasteiger partial charge in [-0.1, -0.05) is 54.6 Å². The molecule has 0 radical (unpaired) electrons. The van der Waals surface area contributed by atoms with E-state index in [9.17, 15) is 9.59 Å². The number of hydrogen-bond acceptors (Lipinski definition) is 5. The predicted molar refractivity (Wildman–Crippen MR) is 137 cm³/mol. The number of carbonyl (C=O) groups excluding carboxylic acids is 1. The van der Waals surface area contributed by atoms with Crippen LogP contribution in [-0.2, 0) is 16.0 Å². The lowest BCUT2D eigenvalue weighted by Gasteiger charge is -2.22. The lowest BCUT2D eigenvalue weighted by molar-refractivity contribution is -0.140. The van der Waals surface area contributed by atoms with Gasteiger partial charge in [0.25, 0.3) is 0 Å². The quantitative estimate of drug-likeness (QED) is 0.363. The number of amides is 1. The Labute approximate surface area is 205 Å². The average Bonchev–Trinajstić information content (AvgIpc) is 2.80. The molecule has 0 aromatic heterocycles. The number of carboxylic acid groups (broad SMARTS) is 1. The number of anilines is 1. The minimum atomic E-state index is -1.55. The molecule has 0 bridgehead atoms. The number of nitrogens with two attached hydrogens (primary N) is 1. The highest BCUT2D eigenvalue weighted by Gasteiger charge is 2.31. The van der Waals surface area contributed by atoms with Crippen LogP contribution in [0.4, 0.5) is 5.69 Å². The van der Waals surface area contributed by atoms with E-state index in [1.165, 1.54) is 12.5 Å². The maximum absolute atomic E-state index is 12.5. The first kappa shape index (κ1) is 25.8. The molecule has 0 unspecified atom stereocenters. The molecule has 0 fully saturated rings. The molecule has 0 spiro atoms. The molecule has 3 rings (SSSR count). The molecule has 7 nitrogen and oxygen atoms in total. The first-order chi connectivity index (χ1) is 16.6. The van der Waals surface area contributed by atoms with Crippen molar-refractivity contribution in [2.45, 2.75) is 45.3 Å². The van der Waals surface area contributed by atoms with E-state index in [2.05, 4.69) is 41.7 Å². The minimum absolute atomic E-state index is 0.111. The lowest BCUT2D eigenvalue weighted by atomic mass is 9.98. The molecule has 3 aromatic carbocycles. The second-order valence-corrected chi connectivity index (χ2v) is 8.93. The molecule has 184 valence electrons. The number of aliphatic carboxylic acids is 1. The molecular formula is C28H32N2O5. The van der Waals surface area contributed by atoms with Crippen molar-refractivity contribution in [1.29, 1.82) is 0 Å². The molecule has 35 heavy (non-hydrogen) atoms. The van der Waals surface area contributed by atoms with E-state index in [-0.39, 0.29) is 6.10 Å². The van der Waals surface area contributed by atoms with Gasteiger partial charge in [0.05, 0.1) is 19.1 Å². The first-order valence-electron chi connectivity index (χ1n) is 11.5. The van der Waals surface area contributed by atoms with Gasteiger partial charge in [-0.25, -0.2) is 0 Å². The summed E-state index contributed by atoms with van der Waals surface area (Å²) in [6.45, 7) is 5.62. The number of nitrogens with one attached hydrogen (secondary N) is 1. The van der Waals surface area contributed by atoms with Crippen LogP contribution in [0.25, 0.3) is 11.1 Å². The molecule has 0 aliphatic heterocycles. The molecular weight excluding hydrogens is 444 g/mol. The van der Waals surface area contributed by atoms with Gasteiger partial charge >= 0.3 is 5.97 Å². The van der Waals surface area contributed by atoms with Crippen LogP contribution < -0.4 is 20.5 Å². The third-order valence-corrected chi connectivity index (χ3v) is 5.31. The van der Waals surface area contributed by atoms with Crippen LogP contribution in [0.2, 0.25) is 0 Å². The normalized spacial score (nSPS) is 12.6. The van der Waals surface area contributed by atoms with Crippen molar-refractivity contribution in [2.24, 2.45) is 5.73 Å². The molecule has 1 atom stereocenters. The minimum Gasteiger partial charge on any atom is -0.489 e. The first-order valence-corrected chi connectivity index (χ1v) is 11.5. The van der Waals surface area contributed by atoms with Gasteiger partial charge < -0.3 is 25.6 Å². The average molecular weight is 477 g/mol. The second-order valence-electron chi connectivity index (χ2n) is 8.93. The van der Waals surface area contributed by atoms with Gasteiger partial charge in [-0.05, 0) is 49.6 Å². The number of ether oxygens (including phenoxy) is 2. The Hall–Kier alpha value is -3.84. The van der Waals surface area contributed by atoms with E-state index < -0.39 is 23.8 Å². The monoisotopic (exact) mass is 476 g/mol. The van der Waals surface area contributed by atoms with Crippen molar-refractivity contribution in [2.75, 3.05) is 11.9 Å². The molecule has 3 aromatic rings. The molecule has 7 heteroatoms. The summed E-state index contributed by atoms with van der Waals surface area (Å²) >= 11 is 0. The highest BCUT2D eigenvalue weighted by Crippen LogP contribution is 2.32. The fraction of sp³-hybridized carbons (Fsp3) is 0.286. The van der Waals surface area contributed by atoms with Gasteiger partial charge in [-0.3, -0.25) is 9.59 Å². The van der Waals surface area contributed by atoms with E-state index >= 15 is 0 Å². The van der Waals surface area contributed by atoms with Crippen molar-refractivity contribution in [3.8, 4) is 22.6 Å². The smallest absolute Gasteiger partial charge is 0.305 e. The summed E-state index contributed by atoms with van der Waals surface area (Å²) in [7, 11) is 0. The maximum Gasteiger partial charge on any atom is 0.305 e. The van der Waals surface area contributed by atoms with Gasteiger partial charge in [0.15, 0.2) is 11.5 Å². The van der Waals surface area contributed by atoms with Crippen molar-refractivity contribution >= 4 is 17.6 Å². The van der Waals surface area contributed by atoms with E-state index in [1.54, 1.807) is 18.2 Å². The van der Waals surface area contributed by atoms with Gasteiger partial charge in [-0.2, -0.15) is 0 Å². The van der Waals surface area contributed by atoms with Crippen molar-refractivity contribution < 1.29 is 24.2 Å². The molecule has 0 saturated carbocycles. The van der Waals surface area contributed by atoms with Crippen molar-refractivity contribution in [1.82, 2.24) is 0 Å². The van der Waals surface area contributed by atoms with Crippen LogP contribution in [0.3, 0.4) is 0 Å². The molecule has 0 aliphatic rings. The third-order valence-electron chi connectivity index (χ3n) is 5.31. The fourth-order valence-electron chi connectivity index (χ4n) is 3.49. The van der Waals surface area contributed by atoms with Gasteiger partial charge in [0.1, 0.15) is 5.54 Å². The predicted octanol–water partition coefficient (Wildman–Crippen LogP) is 4.89. The summed E-state index contributed by atoms with van der Waals surface area (Å²) in [6.07, 6.45) is 0.123. The summed E-state index contributed by atoms with van der Waals surface area (Å²) < 4.78 is 11.9. The summed E-state index contributed by atoms with van der Waals surface area (Å²) in [6, 6.07) is 23.7. The second kappa shape index (κ2) is 11.5. The highest BCUT2D eigenvalue weighted by atomic mass is 16.5. The maximum atomic E-state index is 12.5. The van der Waals surface area contributed by atoms with E-state index in [4.69, 9.17) is 20.3 Å². The van der Waals surface area contributed by atoms with Gasteiger partial charge in [0, 0.05) is 18.2 Å². The SMILES string of the molecule is CC(C)Oc1cc(NC(=O)[C@@](C)(N)CC(=O)O)ccc1OCCc1ccc(-c2ccccc2)cc1. The van der Waals surface area contributed by atoms with Crippen LogP contribution in [0.1, 0.15) is 32.8 Å². The summed E-state index contributed by atoms with van der Waals surface area (Å²) in [5.74, 6) is -0.705. The molecule has 0 heterocycles. The number of carbonyl (C=O) groups is 2. The van der Waals surface area contributed by atoms with Crippen LogP contribution in [0.5, 0.6) is 11.5 Å². The molecule has 0 aliphatic carbocycles. The zero-order valence-corrected chi connectivity index (χ0v) is 20.3. The Kier molecular flexibility index (Phi) is 8.49. The van der Waals surface area contributed by atoms with Crippen LogP contribution in [-0.4, -0.2) is 35.2 Å². The van der Waals surface area contributed by atoms with Crippen molar-refractivity contribution in [3.05, 3.63) is 78.4 Å². The van der Waals surface area contributed by atoms with Gasteiger partial charge in [0.2, 0.25) is 5.91 Å². The van der Waals surface area contributed by atoms with Crippen LogP contribution in [0, 0.1) is 0 Å². The van der Waals surface area contributed by atoms with E-state index in [1.807, 2.05) is 32.0 Å². The summed E-state index contributed by atoms with van der Waals surface area (Å²) in [5, 5.41) is 11.6. The van der Waals surface area contributed by atoms with Crippen LogP contribution >= 0.6 is 0 Å². The molecule has 4 N–H and O–H groups in total. The zero-order chi connectivity index (χ0) is 25.4. The molecule has 1 amide bonds. The topological polar surface area (TPSA) is 111 Å². The Bertz CT molecular complexity index is 1140. The van der Waals surface area contributed by atoms with E-state index in [0.29, 0.717) is 23.8 Å². The van der Waals surface area contributed by atoms with E-state index in [0.717, 1.165) is 17.5 Å². The van der Waals surface area contributed by atoms with Crippen molar-refractivity contribution in [3.63, 3.8) is 0 Å². The highest BCUT2D eigenvalue weighted by molar-refractivity contribution is 5.99. The Morgan fingerprint density at radius 1 is 0.971 bits per heavy atom. The standard InChI is InChI=1S/C28H32N2O5/c1-19(2)35-25-17-23(30-27(33)28(3,29)18-26(31)32)13-14-24(25)34-16-15-20-9-11-22(12-10-20)21-7-5-4-6-8-21/h4-14,17,19H,15-16,18,29H2,1-3H3,(H,30,33)(H,31,32)/t28-/m0/s1. The molecule has 0 saturated heterocycles. The number of hydrogen-bond donors (Lipinski definition) is 3. The number of rotatable bonds is 11. The summed E-state index contributed by atoms with van der Waals surface area (Å²) in [5.41, 5.74) is 8.26. The third kappa shape index (κ3) is 7.58. The zero-order valence-electron chi connectivity index (χ0n) is 20.3. The number of carboxylic acids is 1.